The Morgan fingerprint density at radius 1 is 1.11 bits per heavy atom. The van der Waals surface area contributed by atoms with Crippen LogP contribution in [0.15, 0.2) is 0 Å². The number of nitrogens with two attached hydrogens (primary N) is 1. The van der Waals surface area contributed by atoms with E-state index in [0.717, 1.165) is 12.5 Å². The molecule has 3 N–H and O–H groups in total. The molecule has 3 nitrogen and oxygen atoms in total. The molecule has 0 heterocycles. The largest absolute Gasteiger partial charge is 0.356 e. The Morgan fingerprint density at radius 3 is 2.42 bits per heavy atom. The predicted molar refractivity (Wildman–Crippen MR) is 76.4 cm³/mol. The molecule has 0 spiro atoms. The van der Waals surface area contributed by atoms with Gasteiger partial charge in [-0.2, -0.15) is 0 Å². The molecule has 3 saturated carbocycles. The fraction of sp³-hybridized carbons (Fsp3) is 0.938. The zero-order chi connectivity index (χ0) is 13.4. The summed E-state index contributed by atoms with van der Waals surface area (Å²) < 4.78 is 0. The van der Waals surface area contributed by atoms with Gasteiger partial charge >= 0.3 is 0 Å². The van der Waals surface area contributed by atoms with Gasteiger partial charge in [0, 0.05) is 12.6 Å². The number of carbonyl (C=O) groups is 1. The van der Waals surface area contributed by atoms with E-state index in [1.54, 1.807) is 0 Å². The molecule has 3 heteroatoms. The standard InChI is InChI=1S/C16H28N2O/c1-10-2-4-11(5-3-10)9-18-16(19)14-12-6-7-13(8-12)15(14)17/h10-15H,2-9,17H2,1H3,(H,18,19). The van der Waals surface area contributed by atoms with E-state index in [2.05, 4.69) is 12.2 Å². The summed E-state index contributed by atoms with van der Waals surface area (Å²) in [6.07, 6.45) is 8.88. The van der Waals surface area contributed by atoms with Crippen molar-refractivity contribution >= 4 is 5.91 Å². The summed E-state index contributed by atoms with van der Waals surface area (Å²) in [4.78, 5) is 12.4. The number of hydrogen-bond acceptors (Lipinski definition) is 2. The number of hydrogen-bond donors (Lipinski definition) is 2. The van der Waals surface area contributed by atoms with Gasteiger partial charge in [-0.25, -0.2) is 0 Å². The molecule has 19 heavy (non-hydrogen) atoms. The third-order valence-corrected chi connectivity index (χ3v) is 5.98. The van der Waals surface area contributed by atoms with Crippen molar-refractivity contribution < 1.29 is 4.79 Å². The summed E-state index contributed by atoms with van der Waals surface area (Å²) in [5, 5.41) is 3.21. The van der Waals surface area contributed by atoms with Gasteiger partial charge in [-0.1, -0.05) is 19.8 Å². The molecule has 4 unspecified atom stereocenters. The summed E-state index contributed by atoms with van der Waals surface area (Å²) in [6.45, 7) is 3.22. The Bertz CT molecular complexity index is 334. The molecule has 3 aliphatic carbocycles. The molecule has 4 atom stereocenters. The third-order valence-electron chi connectivity index (χ3n) is 5.98. The normalized spacial score (nSPS) is 45.4. The van der Waals surface area contributed by atoms with Crippen LogP contribution in [0.5, 0.6) is 0 Å². The van der Waals surface area contributed by atoms with E-state index >= 15 is 0 Å². The molecule has 0 aromatic carbocycles. The highest BCUT2D eigenvalue weighted by Gasteiger charge is 2.48. The highest BCUT2D eigenvalue weighted by molar-refractivity contribution is 5.80. The van der Waals surface area contributed by atoms with Crippen molar-refractivity contribution in [1.82, 2.24) is 5.32 Å². The quantitative estimate of drug-likeness (QED) is 0.822. The third kappa shape index (κ3) is 2.67. The maximum absolute atomic E-state index is 12.4. The Morgan fingerprint density at radius 2 is 1.79 bits per heavy atom. The first kappa shape index (κ1) is 13.4. The first-order valence-electron chi connectivity index (χ1n) is 8.18. The van der Waals surface area contributed by atoms with Crippen LogP contribution in [0.25, 0.3) is 0 Å². The van der Waals surface area contributed by atoms with Crippen molar-refractivity contribution in [2.24, 2.45) is 35.3 Å². The monoisotopic (exact) mass is 264 g/mol. The van der Waals surface area contributed by atoms with Crippen molar-refractivity contribution in [1.29, 1.82) is 0 Å². The molecule has 0 saturated heterocycles. The van der Waals surface area contributed by atoms with E-state index in [0.29, 0.717) is 17.8 Å². The fourth-order valence-corrected chi connectivity index (χ4v) is 4.62. The molecule has 108 valence electrons. The highest BCUT2D eigenvalue weighted by Crippen LogP contribution is 2.47. The van der Waals surface area contributed by atoms with Crippen molar-refractivity contribution in [3.63, 3.8) is 0 Å². The van der Waals surface area contributed by atoms with Crippen LogP contribution in [0.3, 0.4) is 0 Å². The zero-order valence-electron chi connectivity index (χ0n) is 12.1. The average molecular weight is 264 g/mol. The summed E-state index contributed by atoms with van der Waals surface area (Å²) in [5.41, 5.74) is 6.23. The minimum Gasteiger partial charge on any atom is -0.356 e. The second-order valence-corrected chi connectivity index (χ2v) is 7.31. The maximum atomic E-state index is 12.4. The van der Waals surface area contributed by atoms with Gasteiger partial charge in [-0.05, 0) is 55.8 Å². The van der Waals surface area contributed by atoms with E-state index in [9.17, 15) is 4.79 Å². The minimum absolute atomic E-state index is 0.112. The topological polar surface area (TPSA) is 55.1 Å². The first-order chi connectivity index (χ1) is 9.15. The molecule has 0 aromatic heterocycles. The van der Waals surface area contributed by atoms with E-state index in [4.69, 9.17) is 5.73 Å². The number of fused-ring (bicyclic) bond motifs is 2. The highest BCUT2D eigenvalue weighted by atomic mass is 16.1. The van der Waals surface area contributed by atoms with Crippen molar-refractivity contribution in [3.05, 3.63) is 0 Å². The van der Waals surface area contributed by atoms with Gasteiger partial charge in [0.05, 0.1) is 5.92 Å². The molecular formula is C16H28N2O. The molecule has 3 rings (SSSR count). The van der Waals surface area contributed by atoms with Gasteiger partial charge in [0.25, 0.3) is 0 Å². The number of rotatable bonds is 3. The van der Waals surface area contributed by atoms with Crippen LogP contribution >= 0.6 is 0 Å². The van der Waals surface area contributed by atoms with Gasteiger partial charge in [-0.15, -0.1) is 0 Å². The van der Waals surface area contributed by atoms with E-state index < -0.39 is 0 Å². The lowest BCUT2D eigenvalue weighted by Crippen LogP contribution is -2.46. The van der Waals surface area contributed by atoms with Crippen LogP contribution in [-0.2, 0) is 4.79 Å². The van der Waals surface area contributed by atoms with Gasteiger partial charge in [0.2, 0.25) is 5.91 Å². The zero-order valence-corrected chi connectivity index (χ0v) is 12.1. The van der Waals surface area contributed by atoms with E-state index in [1.807, 2.05) is 0 Å². The second kappa shape index (κ2) is 5.43. The second-order valence-electron chi connectivity index (χ2n) is 7.31. The smallest absolute Gasteiger partial charge is 0.224 e. The Hall–Kier alpha value is -0.570. The van der Waals surface area contributed by atoms with Crippen LogP contribution in [-0.4, -0.2) is 18.5 Å². The van der Waals surface area contributed by atoms with Gasteiger partial charge < -0.3 is 11.1 Å². The Labute approximate surface area is 116 Å². The molecule has 3 aliphatic rings. The van der Waals surface area contributed by atoms with E-state index in [-0.39, 0.29) is 17.9 Å². The lowest BCUT2D eigenvalue weighted by Gasteiger charge is -2.29. The number of nitrogens with one attached hydrogen (secondary N) is 1. The van der Waals surface area contributed by atoms with Gasteiger partial charge in [0.15, 0.2) is 0 Å². The molecular weight excluding hydrogens is 236 g/mol. The number of amides is 1. The molecule has 1 amide bonds. The van der Waals surface area contributed by atoms with Crippen molar-refractivity contribution in [2.75, 3.05) is 6.54 Å². The lowest BCUT2D eigenvalue weighted by atomic mass is 9.82. The van der Waals surface area contributed by atoms with Crippen LogP contribution in [0.4, 0.5) is 0 Å². The van der Waals surface area contributed by atoms with Crippen LogP contribution < -0.4 is 11.1 Å². The molecule has 3 fully saturated rings. The molecule has 0 aromatic rings. The summed E-state index contributed by atoms with van der Waals surface area (Å²) in [6, 6.07) is 0.130. The predicted octanol–water partition coefficient (Wildman–Crippen LogP) is 2.30. The average Bonchev–Trinajstić information content (AvgIpc) is 2.98. The Balaban J connectivity index is 1.47. The van der Waals surface area contributed by atoms with Crippen LogP contribution in [0.1, 0.15) is 51.9 Å². The minimum atomic E-state index is 0.112. The van der Waals surface area contributed by atoms with Crippen molar-refractivity contribution in [3.8, 4) is 0 Å². The van der Waals surface area contributed by atoms with Crippen molar-refractivity contribution in [2.45, 2.75) is 57.9 Å². The van der Waals surface area contributed by atoms with Crippen LogP contribution in [0.2, 0.25) is 0 Å². The van der Waals surface area contributed by atoms with Crippen LogP contribution in [0, 0.1) is 29.6 Å². The first-order valence-corrected chi connectivity index (χ1v) is 8.18. The molecule has 0 radical (unpaired) electrons. The van der Waals surface area contributed by atoms with Gasteiger partial charge in [-0.3, -0.25) is 4.79 Å². The fourth-order valence-electron chi connectivity index (χ4n) is 4.62. The van der Waals surface area contributed by atoms with E-state index in [1.165, 1.54) is 44.9 Å². The summed E-state index contributed by atoms with van der Waals surface area (Å²) >= 11 is 0. The number of carbonyl (C=O) groups excluding carboxylic acids is 1. The Kier molecular flexibility index (Phi) is 3.84. The maximum Gasteiger partial charge on any atom is 0.224 e. The summed E-state index contributed by atoms with van der Waals surface area (Å²) in [7, 11) is 0. The van der Waals surface area contributed by atoms with Gasteiger partial charge in [0.1, 0.15) is 0 Å². The summed E-state index contributed by atoms with van der Waals surface area (Å²) in [5.74, 6) is 3.14. The molecule has 2 bridgehead atoms. The lowest BCUT2D eigenvalue weighted by molar-refractivity contribution is -0.127. The SMILES string of the molecule is CC1CCC(CNC(=O)C2C3CCC(C3)C2N)CC1. The molecule has 0 aliphatic heterocycles.